The molecule has 2 unspecified atom stereocenters. The number of hydrogen-bond acceptors (Lipinski definition) is 9. The van der Waals surface area contributed by atoms with Crippen molar-refractivity contribution in [1.29, 1.82) is 0 Å². The molecule has 0 amide bonds. The van der Waals surface area contributed by atoms with Crippen LogP contribution in [0.4, 0.5) is 0 Å². The molecule has 9 nitrogen and oxygen atoms in total. The Labute approximate surface area is 269 Å². The van der Waals surface area contributed by atoms with Gasteiger partial charge in [0.2, 0.25) is 0 Å². The van der Waals surface area contributed by atoms with E-state index in [1.165, 1.54) is 0 Å². The molecule has 258 valence electrons. The Kier molecular flexibility index (Phi) is 8.74. The lowest BCUT2D eigenvalue weighted by Crippen LogP contribution is -2.63. The van der Waals surface area contributed by atoms with E-state index in [4.69, 9.17) is 9.47 Å². The second-order valence-corrected chi connectivity index (χ2v) is 17.4. The summed E-state index contributed by atoms with van der Waals surface area (Å²) in [5.41, 5.74) is 0.579. The topological polar surface area (TPSA) is 160 Å². The second kappa shape index (κ2) is 11.5. The smallest absolute Gasteiger partial charge is 0.186 e. The molecule has 7 N–H and O–H groups in total. The van der Waals surface area contributed by atoms with E-state index in [1.54, 1.807) is 0 Å². The Morgan fingerprint density at radius 1 is 0.911 bits per heavy atom. The number of aliphatic hydroxyl groups excluding tert-OH is 7. The Morgan fingerprint density at radius 2 is 1.62 bits per heavy atom. The maximum absolute atomic E-state index is 12.1. The van der Waals surface area contributed by atoms with Crippen molar-refractivity contribution in [2.24, 2.45) is 50.7 Å². The van der Waals surface area contributed by atoms with E-state index in [1.807, 2.05) is 6.92 Å². The summed E-state index contributed by atoms with van der Waals surface area (Å²) in [5.74, 6) is 0.885. The largest absolute Gasteiger partial charge is 0.394 e. The lowest BCUT2D eigenvalue weighted by Gasteiger charge is -2.64. The first-order valence-electron chi connectivity index (χ1n) is 17.6. The van der Waals surface area contributed by atoms with Crippen LogP contribution >= 0.6 is 0 Å². The molecule has 16 atom stereocenters. The van der Waals surface area contributed by atoms with Crippen LogP contribution in [0, 0.1) is 50.7 Å². The summed E-state index contributed by atoms with van der Waals surface area (Å²) in [5, 5.41) is 74.2. The molecule has 5 aliphatic carbocycles. The first-order valence-corrected chi connectivity index (χ1v) is 17.6. The number of aliphatic hydroxyl groups is 7. The van der Waals surface area contributed by atoms with Crippen molar-refractivity contribution >= 4 is 0 Å². The van der Waals surface area contributed by atoms with Crippen LogP contribution in [0.5, 0.6) is 0 Å². The summed E-state index contributed by atoms with van der Waals surface area (Å²) in [7, 11) is 0. The van der Waals surface area contributed by atoms with Crippen molar-refractivity contribution in [3.05, 3.63) is 11.6 Å². The average Bonchev–Trinajstić information content (AvgIpc) is 3.57. The standard InChI is InChI=1S/C36H60O9/c1-19(16-37)8-7-9-20(2)26-22(40)15-34(6)24-14-21(39)30-32(3,4)25(45-31-29(43)28(42)27(41)23(17-38)44-31)10-11-36(30)18-35(24,36)13-12-33(26,34)5/h8,20-31,37-43H,7,9-18H2,1-6H3/b19-8+/t20-,21+,22+,23-,24?,25+,26+,27-,28+,29-,30?,31+,33-,34+,35+,36-/m1/s1. The second-order valence-electron chi connectivity index (χ2n) is 17.4. The number of ether oxygens (including phenoxy) is 2. The first kappa shape index (κ1) is 34.3. The summed E-state index contributed by atoms with van der Waals surface area (Å²) in [6.07, 6.45) is 2.61. The molecule has 45 heavy (non-hydrogen) atoms. The van der Waals surface area contributed by atoms with E-state index in [-0.39, 0.29) is 52.3 Å². The fraction of sp³-hybridized carbons (Fsp3) is 0.944. The fourth-order valence-electron chi connectivity index (χ4n) is 12.9. The SMILES string of the molecule is C/C(=C\CC[C@@H](C)[C@H]1[C@@H](O)C[C@@]2(C)C3C[C@H](O)C4C(C)(C)[C@@H](O[C@@H]5O[C@H](CO)[C@@H](O)[C@H](O)[C@H]5O)CC[C@@]45C[C@@]35CC[C@]12C)CO. The van der Waals surface area contributed by atoms with Gasteiger partial charge in [0.15, 0.2) is 6.29 Å². The molecule has 0 bridgehead atoms. The van der Waals surface area contributed by atoms with Gasteiger partial charge >= 0.3 is 0 Å². The molecule has 2 spiro atoms. The van der Waals surface area contributed by atoms with Gasteiger partial charge in [0.25, 0.3) is 0 Å². The average molecular weight is 637 g/mol. The van der Waals surface area contributed by atoms with Crippen LogP contribution in [0.1, 0.15) is 99.3 Å². The van der Waals surface area contributed by atoms with Crippen molar-refractivity contribution in [3.8, 4) is 0 Å². The normalized spacial score (nSPS) is 54.4. The van der Waals surface area contributed by atoms with Gasteiger partial charge in [-0.15, -0.1) is 0 Å². The van der Waals surface area contributed by atoms with Gasteiger partial charge < -0.3 is 45.2 Å². The maximum atomic E-state index is 12.1. The van der Waals surface area contributed by atoms with Gasteiger partial charge in [0.1, 0.15) is 24.4 Å². The van der Waals surface area contributed by atoms with Crippen LogP contribution in [-0.2, 0) is 9.47 Å². The lowest BCUT2D eigenvalue weighted by atomic mass is 9.41. The van der Waals surface area contributed by atoms with Gasteiger partial charge in [-0.25, -0.2) is 0 Å². The molecule has 6 fully saturated rings. The minimum atomic E-state index is -1.49. The zero-order valence-corrected chi connectivity index (χ0v) is 28.2. The quantitative estimate of drug-likeness (QED) is 0.157. The number of allylic oxidation sites excluding steroid dienone is 1. The Morgan fingerprint density at radius 3 is 2.29 bits per heavy atom. The summed E-state index contributed by atoms with van der Waals surface area (Å²) in [6.45, 7) is 13.0. The molecular formula is C36H60O9. The molecule has 6 rings (SSSR count). The van der Waals surface area contributed by atoms with E-state index >= 15 is 0 Å². The van der Waals surface area contributed by atoms with Gasteiger partial charge in [0, 0.05) is 0 Å². The predicted molar refractivity (Wildman–Crippen MR) is 168 cm³/mol. The van der Waals surface area contributed by atoms with Crippen LogP contribution < -0.4 is 0 Å². The van der Waals surface area contributed by atoms with Crippen molar-refractivity contribution in [2.75, 3.05) is 13.2 Å². The van der Waals surface area contributed by atoms with Crippen LogP contribution in [0.25, 0.3) is 0 Å². The zero-order valence-electron chi connectivity index (χ0n) is 28.2. The minimum absolute atomic E-state index is 0.000313. The van der Waals surface area contributed by atoms with Crippen LogP contribution in [0.3, 0.4) is 0 Å². The van der Waals surface area contributed by atoms with E-state index in [0.717, 1.165) is 56.9 Å². The van der Waals surface area contributed by atoms with Crippen molar-refractivity contribution in [3.63, 3.8) is 0 Å². The molecule has 0 radical (unpaired) electrons. The van der Waals surface area contributed by atoms with E-state index in [0.29, 0.717) is 18.3 Å². The van der Waals surface area contributed by atoms with Crippen molar-refractivity contribution < 1.29 is 45.2 Å². The number of hydrogen-bond donors (Lipinski definition) is 7. The first-order chi connectivity index (χ1) is 21.0. The summed E-state index contributed by atoms with van der Waals surface area (Å²) in [6, 6.07) is 0. The molecule has 1 saturated heterocycles. The molecule has 1 aliphatic heterocycles. The maximum Gasteiger partial charge on any atom is 0.186 e. The number of rotatable bonds is 8. The molecular weight excluding hydrogens is 576 g/mol. The van der Waals surface area contributed by atoms with E-state index < -0.39 is 48.8 Å². The van der Waals surface area contributed by atoms with Crippen molar-refractivity contribution in [2.45, 2.75) is 148 Å². The molecule has 6 aliphatic rings. The van der Waals surface area contributed by atoms with Crippen LogP contribution in [0.15, 0.2) is 11.6 Å². The summed E-state index contributed by atoms with van der Waals surface area (Å²) >= 11 is 0. The highest BCUT2D eigenvalue weighted by molar-refractivity contribution is 5.32. The molecule has 5 saturated carbocycles. The third kappa shape index (κ3) is 4.73. The zero-order chi connectivity index (χ0) is 32.9. The molecule has 0 aromatic carbocycles. The van der Waals surface area contributed by atoms with Crippen molar-refractivity contribution in [1.82, 2.24) is 0 Å². The Bertz CT molecular complexity index is 1140. The number of fused-ring (bicyclic) bond motifs is 2. The Balaban J connectivity index is 1.23. The van der Waals surface area contributed by atoms with Gasteiger partial charge in [-0.05, 0) is 115 Å². The third-order valence-electron chi connectivity index (χ3n) is 15.2. The minimum Gasteiger partial charge on any atom is -0.394 e. The summed E-state index contributed by atoms with van der Waals surface area (Å²) < 4.78 is 12.1. The summed E-state index contributed by atoms with van der Waals surface area (Å²) in [4.78, 5) is 0. The lowest BCUT2D eigenvalue weighted by molar-refractivity contribution is -0.329. The van der Waals surface area contributed by atoms with Gasteiger partial charge in [-0.3, -0.25) is 0 Å². The van der Waals surface area contributed by atoms with Gasteiger partial charge in [-0.2, -0.15) is 0 Å². The molecule has 1 heterocycles. The van der Waals surface area contributed by atoms with Gasteiger partial charge in [-0.1, -0.05) is 46.3 Å². The predicted octanol–water partition coefficient (Wildman–Crippen LogP) is 2.91. The highest BCUT2D eigenvalue weighted by atomic mass is 16.7. The molecule has 0 aromatic rings. The van der Waals surface area contributed by atoms with E-state index in [2.05, 4.69) is 40.7 Å². The highest BCUT2D eigenvalue weighted by Crippen LogP contribution is 2.89. The monoisotopic (exact) mass is 636 g/mol. The molecule has 9 heteroatoms. The highest BCUT2D eigenvalue weighted by Gasteiger charge is 2.84. The Hall–Kier alpha value is -0.620. The molecule has 0 aromatic heterocycles. The van der Waals surface area contributed by atoms with Crippen LogP contribution in [-0.4, -0.2) is 98.0 Å². The fourth-order valence-corrected chi connectivity index (χ4v) is 12.9. The van der Waals surface area contributed by atoms with Gasteiger partial charge in [0.05, 0.1) is 31.5 Å². The third-order valence-corrected chi connectivity index (χ3v) is 15.2. The van der Waals surface area contributed by atoms with Crippen LogP contribution in [0.2, 0.25) is 0 Å². The van der Waals surface area contributed by atoms with E-state index in [9.17, 15) is 35.7 Å².